The summed E-state index contributed by atoms with van der Waals surface area (Å²) in [5, 5.41) is 6.03. The first-order chi connectivity index (χ1) is 15.7. The van der Waals surface area contributed by atoms with Crippen molar-refractivity contribution in [1.29, 1.82) is 0 Å². The van der Waals surface area contributed by atoms with Crippen LogP contribution in [-0.4, -0.2) is 32.3 Å². The fourth-order valence-electron chi connectivity index (χ4n) is 2.93. The first-order valence-electron chi connectivity index (χ1n) is 10.9. The zero-order valence-corrected chi connectivity index (χ0v) is 18.4. The number of ether oxygens (including phenoxy) is 3. The van der Waals surface area contributed by atoms with Crippen LogP contribution < -0.4 is 24.8 Å². The highest BCUT2D eigenvalue weighted by atomic mass is 16.5. The van der Waals surface area contributed by atoms with Gasteiger partial charge in [0.15, 0.2) is 0 Å². The van der Waals surface area contributed by atoms with Crippen molar-refractivity contribution in [2.24, 2.45) is 0 Å². The fraction of sp³-hybridized carbons (Fsp3) is 0.269. The van der Waals surface area contributed by atoms with Gasteiger partial charge < -0.3 is 24.8 Å². The van der Waals surface area contributed by atoms with E-state index in [0.29, 0.717) is 37.0 Å². The third kappa shape index (κ3) is 7.87. The minimum Gasteiger partial charge on any atom is -0.491 e. The molecule has 3 rings (SSSR count). The Morgan fingerprint density at radius 1 is 0.781 bits per heavy atom. The van der Waals surface area contributed by atoms with Gasteiger partial charge in [-0.05, 0) is 42.8 Å². The summed E-state index contributed by atoms with van der Waals surface area (Å²) in [7, 11) is 0. The number of hydrogen-bond acceptors (Lipinski definition) is 5. The van der Waals surface area contributed by atoms with Gasteiger partial charge in [-0.1, -0.05) is 49.7 Å². The fourth-order valence-corrected chi connectivity index (χ4v) is 2.93. The minimum atomic E-state index is -0.154. The van der Waals surface area contributed by atoms with E-state index in [1.165, 1.54) is 0 Å². The van der Waals surface area contributed by atoms with Crippen molar-refractivity contribution in [1.82, 2.24) is 0 Å². The molecule has 0 unspecified atom stereocenters. The smallest absolute Gasteiger partial charge is 0.243 e. The van der Waals surface area contributed by atoms with Crippen LogP contribution in [0.15, 0.2) is 78.9 Å². The number of hydrogen-bond donors (Lipinski definition) is 2. The SMILES string of the molecule is CCCCOc1ccccc1NC(=O)CNc1cccc(OCCOc2ccccc2)c1. The molecule has 6 nitrogen and oxygen atoms in total. The minimum absolute atomic E-state index is 0.129. The van der Waals surface area contributed by atoms with E-state index in [2.05, 4.69) is 17.6 Å². The first-order valence-corrected chi connectivity index (χ1v) is 10.9. The molecule has 32 heavy (non-hydrogen) atoms. The Hall–Kier alpha value is -3.67. The zero-order chi connectivity index (χ0) is 22.4. The number of para-hydroxylation sites is 3. The van der Waals surface area contributed by atoms with Crippen LogP contribution in [-0.2, 0) is 4.79 Å². The number of carbonyl (C=O) groups excluding carboxylic acids is 1. The predicted octanol–water partition coefficient (Wildman–Crippen LogP) is 5.37. The summed E-state index contributed by atoms with van der Waals surface area (Å²) in [5.41, 5.74) is 1.47. The Morgan fingerprint density at radius 3 is 2.31 bits per heavy atom. The quantitative estimate of drug-likeness (QED) is 0.354. The largest absolute Gasteiger partial charge is 0.491 e. The molecule has 0 saturated carbocycles. The lowest BCUT2D eigenvalue weighted by Crippen LogP contribution is -2.22. The summed E-state index contributed by atoms with van der Waals surface area (Å²) in [6.45, 7) is 3.74. The molecule has 0 radical (unpaired) electrons. The molecule has 0 heterocycles. The average molecular weight is 435 g/mol. The summed E-state index contributed by atoms with van der Waals surface area (Å²) < 4.78 is 17.2. The third-order valence-corrected chi connectivity index (χ3v) is 4.57. The van der Waals surface area contributed by atoms with E-state index >= 15 is 0 Å². The molecule has 6 heteroatoms. The summed E-state index contributed by atoms with van der Waals surface area (Å²) >= 11 is 0. The molecule has 168 valence electrons. The number of unbranched alkanes of at least 4 members (excludes halogenated alkanes) is 1. The third-order valence-electron chi connectivity index (χ3n) is 4.57. The van der Waals surface area contributed by atoms with Crippen molar-refractivity contribution in [3.8, 4) is 17.2 Å². The normalized spacial score (nSPS) is 10.3. The van der Waals surface area contributed by atoms with Crippen molar-refractivity contribution in [3.05, 3.63) is 78.9 Å². The van der Waals surface area contributed by atoms with Gasteiger partial charge in [-0.25, -0.2) is 0 Å². The van der Waals surface area contributed by atoms with Crippen LogP contribution in [0.2, 0.25) is 0 Å². The molecule has 0 aromatic heterocycles. The van der Waals surface area contributed by atoms with Crippen LogP contribution >= 0.6 is 0 Å². The van der Waals surface area contributed by atoms with E-state index in [9.17, 15) is 4.79 Å². The summed E-state index contributed by atoms with van der Waals surface area (Å²) in [6, 6.07) is 24.6. The molecule has 0 fully saturated rings. The number of benzene rings is 3. The molecule has 1 amide bonds. The second-order valence-corrected chi connectivity index (χ2v) is 7.14. The van der Waals surface area contributed by atoms with E-state index < -0.39 is 0 Å². The number of carbonyl (C=O) groups is 1. The van der Waals surface area contributed by atoms with E-state index in [0.717, 1.165) is 24.3 Å². The second kappa shape index (κ2) is 12.9. The van der Waals surface area contributed by atoms with Crippen molar-refractivity contribution in [3.63, 3.8) is 0 Å². The summed E-state index contributed by atoms with van der Waals surface area (Å²) in [6.07, 6.45) is 2.03. The Balaban J connectivity index is 1.43. The van der Waals surface area contributed by atoms with Crippen LogP contribution in [0.4, 0.5) is 11.4 Å². The molecule has 0 aliphatic heterocycles. The lowest BCUT2D eigenvalue weighted by molar-refractivity contribution is -0.114. The van der Waals surface area contributed by atoms with Gasteiger partial charge in [0.05, 0.1) is 18.8 Å². The Kier molecular flexibility index (Phi) is 9.27. The molecular weight excluding hydrogens is 404 g/mol. The molecule has 0 saturated heterocycles. The van der Waals surface area contributed by atoms with Crippen molar-refractivity contribution >= 4 is 17.3 Å². The lowest BCUT2D eigenvalue weighted by Gasteiger charge is -2.13. The predicted molar refractivity (Wildman–Crippen MR) is 128 cm³/mol. The second-order valence-electron chi connectivity index (χ2n) is 7.14. The van der Waals surface area contributed by atoms with E-state index in [-0.39, 0.29) is 12.5 Å². The highest BCUT2D eigenvalue weighted by Gasteiger charge is 2.08. The van der Waals surface area contributed by atoms with E-state index in [1.807, 2.05) is 78.9 Å². The summed E-state index contributed by atoms with van der Waals surface area (Å²) in [4.78, 5) is 12.4. The molecule has 0 spiro atoms. The molecule has 0 aliphatic rings. The van der Waals surface area contributed by atoms with Crippen molar-refractivity contribution < 1.29 is 19.0 Å². The maximum Gasteiger partial charge on any atom is 0.243 e. The molecule has 0 aliphatic carbocycles. The summed E-state index contributed by atoms with van der Waals surface area (Å²) in [5.74, 6) is 2.05. The maximum atomic E-state index is 12.4. The molecule has 0 bridgehead atoms. The number of rotatable bonds is 13. The van der Waals surface area contributed by atoms with Gasteiger partial charge in [0.1, 0.15) is 30.5 Å². The van der Waals surface area contributed by atoms with E-state index in [4.69, 9.17) is 14.2 Å². The number of amides is 1. The van der Waals surface area contributed by atoms with Gasteiger partial charge >= 0.3 is 0 Å². The molecule has 0 atom stereocenters. The van der Waals surface area contributed by atoms with Gasteiger partial charge in [-0.15, -0.1) is 0 Å². The van der Waals surface area contributed by atoms with Gasteiger partial charge in [-0.2, -0.15) is 0 Å². The van der Waals surface area contributed by atoms with Crippen LogP contribution in [0, 0.1) is 0 Å². The van der Waals surface area contributed by atoms with Gasteiger partial charge in [0.25, 0.3) is 0 Å². The molecular formula is C26H30N2O4. The van der Waals surface area contributed by atoms with Crippen molar-refractivity contribution in [2.45, 2.75) is 19.8 Å². The highest BCUT2D eigenvalue weighted by molar-refractivity contribution is 5.95. The number of anilines is 2. The van der Waals surface area contributed by atoms with Crippen LogP contribution in [0.1, 0.15) is 19.8 Å². The van der Waals surface area contributed by atoms with Crippen LogP contribution in [0.5, 0.6) is 17.2 Å². The Morgan fingerprint density at radius 2 is 1.50 bits per heavy atom. The Labute approximate surface area is 189 Å². The lowest BCUT2D eigenvalue weighted by atomic mass is 10.2. The van der Waals surface area contributed by atoms with Crippen molar-refractivity contribution in [2.75, 3.05) is 37.0 Å². The maximum absolute atomic E-state index is 12.4. The standard InChI is InChI=1S/C26H30N2O4/c1-2-3-16-32-25-15-8-7-14-24(25)28-26(29)20-27-21-10-9-13-23(19-21)31-18-17-30-22-11-5-4-6-12-22/h4-15,19,27H,2-3,16-18,20H2,1H3,(H,28,29). The Bertz CT molecular complexity index is 963. The van der Waals surface area contributed by atoms with E-state index in [1.54, 1.807) is 0 Å². The molecule has 2 N–H and O–H groups in total. The topological polar surface area (TPSA) is 68.8 Å². The zero-order valence-electron chi connectivity index (χ0n) is 18.4. The first kappa shape index (κ1) is 23.0. The average Bonchev–Trinajstić information content (AvgIpc) is 2.83. The van der Waals surface area contributed by atoms with Crippen LogP contribution in [0.25, 0.3) is 0 Å². The molecule has 3 aromatic carbocycles. The number of nitrogens with one attached hydrogen (secondary N) is 2. The van der Waals surface area contributed by atoms with Gasteiger partial charge in [0, 0.05) is 11.8 Å². The van der Waals surface area contributed by atoms with Crippen LogP contribution in [0.3, 0.4) is 0 Å². The van der Waals surface area contributed by atoms with Gasteiger partial charge in [-0.3, -0.25) is 4.79 Å². The highest BCUT2D eigenvalue weighted by Crippen LogP contribution is 2.24. The monoisotopic (exact) mass is 434 g/mol. The molecule has 3 aromatic rings. The van der Waals surface area contributed by atoms with Gasteiger partial charge in [0.2, 0.25) is 5.91 Å².